The number of H-pyrrole nitrogens is 1. The van der Waals surface area contributed by atoms with E-state index in [0.29, 0.717) is 6.04 Å². The summed E-state index contributed by atoms with van der Waals surface area (Å²) in [5.41, 5.74) is 3.75. The summed E-state index contributed by atoms with van der Waals surface area (Å²) in [6.45, 7) is 2.05. The molecule has 1 aromatic heterocycles. The van der Waals surface area contributed by atoms with Crippen molar-refractivity contribution in [1.29, 1.82) is 0 Å². The normalized spacial score (nSPS) is 21.5. The summed E-state index contributed by atoms with van der Waals surface area (Å²) in [5, 5.41) is 19.8. The van der Waals surface area contributed by atoms with E-state index in [1.807, 2.05) is 12.1 Å². The van der Waals surface area contributed by atoms with E-state index in [-0.39, 0.29) is 11.7 Å². The predicted octanol–water partition coefficient (Wildman–Crippen LogP) is 2.46. The summed E-state index contributed by atoms with van der Waals surface area (Å²) in [5.74, 6) is 0. The standard InChI is InChI=1S/C17H21N3O2/c1-11-9-12(16-7-8-17(22)20-19-16)5-6-15(11)18-13-3-2-4-14(21)10-13/h5-9,13-14,18,21H,2-4,10H2,1H3,(H,20,22). The Balaban J connectivity index is 1.77. The van der Waals surface area contributed by atoms with E-state index in [1.54, 1.807) is 6.07 Å². The molecule has 0 radical (unpaired) electrons. The third-order valence-corrected chi connectivity index (χ3v) is 4.21. The Morgan fingerprint density at radius 2 is 2.14 bits per heavy atom. The Bertz CT molecular complexity index is 691. The van der Waals surface area contributed by atoms with E-state index in [9.17, 15) is 9.90 Å². The number of benzene rings is 1. The van der Waals surface area contributed by atoms with Crippen molar-refractivity contribution in [2.24, 2.45) is 0 Å². The number of nitrogens with zero attached hydrogens (tertiary/aromatic N) is 1. The van der Waals surface area contributed by atoms with Crippen LogP contribution in [0.25, 0.3) is 11.3 Å². The molecule has 2 atom stereocenters. The highest BCUT2D eigenvalue weighted by Crippen LogP contribution is 2.26. The first-order valence-corrected chi connectivity index (χ1v) is 7.73. The van der Waals surface area contributed by atoms with Crippen molar-refractivity contribution in [1.82, 2.24) is 10.2 Å². The first-order valence-electron chi connectivity index (χ1n) is 7.73. The van der Waals surface area contributed by atoms with Crippen LogP contribution in [-0.4, -0.2) is 27.4 Å². The van der Waals surface area contributed by atoms with Gasteiger partial charge in [-0.1, -0.05) is 6.07 Å². The summed E-state index contributed by atoms with van der Waals surface area (Å²) in [4.78, 5) is 11.1. The number of hydrogen-bond donors (Lipinski definition) is 3. The number of aromatic amines is 1. The molecule has 5 heteroatoms. The number of aromatic nitrogens is 2. The van der Waals surface area contributed by atoms with E-state index in [2.05, 4.69) is 28.5 Å². The average molecular weight is 299 g/mol. The van der Waals surface area contributed by atoms with Gasteiger partial charge in [0.15, 0.2) is 0 Å². The van der Waals surface area contributed by atoms with Crippen molar-refractivity contribution < 1.29 is 5.11 Å². The average Bonchev–Trinajstić information content (AvgIpc) is 2.50. The molecule has 1 heterocycles. The van der Waals surface area contributed by atoms with Gasteiger partial charge in [0.25, 0.3) is 5.56 Å². The van der Waals surface area contributed by atoms with Crippen LogP contribution in [-0.2, 0) is 0 Å². The fourth-order valence-electron chi connectivity index (χ4n) is 3.01. The van der Waals surface area contributed by atoms with Gasteiger partial charge in [0.2, 0.25) is 0 Å². The van der Waals surface area contributed by atoms with Gasteiger partial charge in [-0.2, -0.15) is 5.10 Å². The zero-order chi connectivity index (χ0) is 15.5. The zero-order valence-electron chi connectivity index (χ0n) is 12.7. The summed E-state index contributed by atoms with van der Waals surface area (Å²) >= 11 is 0. The van der Waals surface area contributed by atoms with Crippen LogP contribution >= 0.6 is 0 Å². The van der Waals surface area contributed by atoms with Gasteiger partial charge in [0, 0.05) is 23.4 Å². The molecule has 3 N–H and O–H groups in total. The number of nitrogens with one attached hydrogen (secondary N) is 2. The Hall–Kier alpha value is -2.14. The van der Waals surface area contributed by atoms with Gasteiger partial charge < -0.3 is 10.4 Å². The third kappa shape index (κ3) is 3.36. The van der Waals surface area contributed by atoms with Gasteiger partial charge in [0.1, 0.15) is 0 Å². The molecule has 1 aromatic carbocycles. The Morgan fingerprint density at radius 3 is 2.82 bits per heavy atom. The van der Waals surface area contributed by atoms with Gasteiger partial charge in [-0.15, -0.1) is 0 Å². The quantitative estimate of drug-likeness (QED) is 0.813. The lowest BCUT2D eigenvalue weighted by Gasteiger charge is -2.28. The first kappa shape index (κ1) is 14.8. The maximum absolute atomic E-state index is 11.1. The van der Waals surface area contributed by atoms with Crippen LogP contribution in [0.5, 0.6) is 0 Å². The molecule has 1 aliphatic carbocycles. The second kappa shape index (κ2) is 6.32. The minimum absolute atomic E-state index is 0.184. The molecule has 0 bridgehead atoms. The zero-order valence-corrected chi connectivity index (χ0v) is 12.7. The van der Waals surface area contributed by atoms with Crippen LogP contribution in [0, 0.1) is 6.92 Å². The van der Waals surface area contributed by atoms with E-state index in [0.717, 1.165) is 48.2 Å². The summed E-state index contributed by atoms with van der Waals surface area (Å²) in [6.07, 6.45) is 3.70. The first-order chi connectivity index (χ1) is 10.6. The molecule has 1 saturated carbocycles. The van der Waals surface area contributed by atoms with Crippen LogP contribution in [0.2, 0.25) is 0 Å². The molecule has 22 heavy (non-hydrogen) atoms. The largest absolute Gasteiger partial charge is 0.393 e. The van der Waals surface area contributed by atoms with Gasteiger partial charge in [-0.05, 0) is 56.4 Å². The van der Waals surface area contributed by atoms with Crippen molar-refractivity contribution >= 4 is 5.69 Å². The molecule has 116 valence electrons. The maximum atomic E-state index is 11.1. The summed E-state index contributed by atoms with van der Waals surface area (Å²) in [7, 11) is 0. The lowest BCUT2D eigenvalue weighted by molar-refractivity contribution is 0.124. The number of aliphatic hydroxyl groups excluding tert-OH is 1. The van der Waals surface area contributed by atoms with Gasteiger partial charge in [-0.25, -0.2) is 5.10 Å². The van der Waals surface area contributed by atoms with Gasteiger partial charge >= 0.3 is 0 Å². The molecule has 2 aromatic rings. The molecule has 5 nitrogen and oxygen atoms in total. The van der Waals surface area contributed by atoms with Crippen LogP contribution in [0.3, 0.4) is 0 Å². The molecular weight excluding hydrogens is 278 g/mol. The molecule has 3 rings (SSSR count). The minimum Gasteiger partial charge on any atom is -0.393 e. The number of aliphatic hydroxyl groups is 1. The minimum atomic E-state index is -0.199. The molecule has 0 saturated heterocycles. The van der Waals surface area contributed by atoms with Gasteiger partial charge in [0.05, 0.1) is 11.8 Å². The molecule has 0 aliphatic heterocycles. The van der Waals surface area contributed by atoms with Crippen LogP contribution < -0.4 is 10.9 Å². The van der Waals surface area contributed by atoms with Crippen molar-refractivity contribution in [2.45, 2.75) is 44.8 Å². The fourth-order valence-corrected chi connectivity index (χ4v) is 3.01. The van der Waals surface area contributed by atoms with Crippen molar-refractivity contribution in [3.8, 4) is 11.3 Å². The van der Waals surface area contributed by atoms with E-state index in [1.165, 1.54) is 6.07 Å². The lowest BCUT2D eigenvalue weighted by atomic mass is 9.92. The number of hydrogen-bond acceptors (Lipinski definition) is 4. The molecule has 1 fully saturated rings. The van der Waals surface area contributed by atoms with Crippen LogP contribution in [0.1, 0.15) is 31.2 Å². The second-order valence-electron chi connectivity index (χ2n) is 6.00. The molecule has 1 aliphatic rings. The number of rotatable bonds is 3. The summed E-state index contributed by atoms with van der Waals surface area (Å²) in [6, 6.07) is 9.63. The fraction of sp³-hybridized carbons (Fsp3) is 0.412. The Morgan fingerprint density at radius 1 is 1.27 bits per heavy atom. The maximum Gasteiger partial charge on any atom is 0.264 e. The van der Waals surface area contributed by atoms with Gasteiger partial charge in [-0.3, -0.25) is 4.79 Å². The predicted molar refractivity (Wildman–Crippen MR) is 86.9 cm³/mol. The number of aryl methyl sites for hydroxylation is 1. The monoisotopic (exact) mass is 299 g/mol. The van der Waals surface area contributed by atoms with E-state index in [4.69, 9.17) is 0 Å². The highest BCUT2D eigenvalue weighted by molar-refractivity contribution is 5.65. The van der Waals surface area contributed by atoms with Crippen LogP contribution in [0.15, 0.2) is 35.1 Å². The molecule has 0 spiro atoms. The van der Waals surface area contributed by atoms with E-state index >= 15 is 0 Å². The Kier molecular flexibility index (Phi) is 4.24. The van der Waals surface area contributed by atoms with Crippen molar-refractivity contribution in [3.05, 3.63) is 46.2 Å². The topological polar surface area (TPSA) is 78.0 Å². The highest BCUT2D eigenvalue weighted by Gasteiger charge is 2.20. The van der Waals surface area contributed by atoms with Crippen molar-refractivity contribution in [2.75, 3.05) is 5.32 Å². The highest BCUT2D eigenvalue weighted by atomic mass is 16.3. The second-order valence-corrected chi connectivity index (χ2v) is 6.00. The number of anilines is 1. The Labute approximate surface area is 129 Å². The van der Waals surface area contributed by atoms with Crippen molar-refractivity contribution in [3.63, 3.8) is 0 Å². The molecular formula is C17H21N3O2. The van der Waals surface area contributed by atoms with Crippen LogP contribution in [0.4, 0.5) is 5.69 Å². The smallest absolute Gasteiger partial charge is 0.264 e. The van der Waals surface area contributed by atoms with E-state index < -0.39 is 0 Å². The third-order valence-electron chi connectivity index (χ3n) is 4.21. The SMILES string of the molecule is Cc1cc(-c2ccc(=O)[nH]n2)ccc1NC1CCCC(O)C1. The molecule has 0 amide bonds. The molecule has 2 unspecified atom stereocenters. The summed E-state index contributed by atoms with van der Waals surface area (Å²) < 4.78 is 0. The lowest BCUT2D eigenvalue weighted by Crippen LogP contribution is -2.30.